The number of nitrogens with two attached hydrogens (primary N) is 1. The van der Waals surface area contributed by atoms with Gasteiger partial charge in [0, 0.05) is 6.20 Å². The molecule has 5 heteroatoms. The van der Waals surface area contributed by atoms with Crippen LogP contribution < -0.4 is 11.1 Å². The first kappa shape index (κ1) is 16.6. The summed E-state index contributed by atoms with van der Waals surface area (Å²) in [4.78, 5) is 17.2. The summed E-state index contributed by atoms with van der Waals surface area (Å²) in [5.41, 5.74) is 6.62. The summed E-state index contributed by atoms with van der Waals surface area (Å²) in [5.74, 6) is -0.121. The van der Waals surface area contributed by atoms with Gasteiger partial charge in [0.1, 0.15) is 0 Å². The van der Waals surface area contributed by atoms with Crippen molar-refractivity contribution in [2.75, 3.05) is 5.32 Å². The molecule has 0 aliphatic heterocycles. The maximum absolute atomic E-state index is 12.7. The van der Waals surface area contributed by atoms with Crippen molar-refractivity contribution < 1.29 is 4.79 Å². The van der Waals surface area contributed by atoms with E-state index >= 15 is 0 Å². The zero-order valence-corrected chi connectivity index (χ0v) is 13.2. The molecule has 1 aromatic heterocycles. The lowest BCUT2D eigenvalue weighted by Gasteiger charge is -2.31. The van der Waals surface area contributed by atoms with Gasteiger partial charge in [-0.2, -0.15) is 0 Å². The van der Waals surface area contributed by atoms with Crippen molar-refractivity contribution in [3.05, 3.63) is 24.0 Å². The Morgan fingerprint density at radius 1 is 1.40 bits per heavy atom. The molecule has 1 rings (SSSR count). The molecule has 1 heterocycles. The molecule has 0 fully saturated rings. The molecule has 4 nitrogen and oxygen atoms in total. The van der Waals surface area contributed by atoms with E-state index in [0.717, 1.165) is 18.5 Å². The molecular formula is C15H23N3OS. The largest absolute Gasteiger partial charge is 0.392 e. The Balaban J connectivity index is 3.05. The number of carbonyl (C=O) groups excluding carboxylic acids is 1. The highest BCUT2D eigenvalue weighted by molar-refractivity contribution is 7.80. The summed E-state index contributed by atoms with van der Waals surface area (Å²) >= 11 is 5.19. The number of rotatable bonds is 7. The second-order valence-electron chi connectivity index (χ2n) is 5.04. The smallest absolute Gasteiger partial charge is 0.237 e. The van der Waals surface area contributed by atoms with Crippen molar-refractivity contribution in [1.29, 1.82) is 0 Å². The van der Waals surface area contributed by atoms with Gasteiger partial charge < -0.3 is 11.1 Å². The highest BCUT2D eigenvalue weighted by atomic mass is 32.1. The molecule has 110 valence electrons. The van der Waals surface area contributed by atoms with Gasteiger partial charge in [-0.1, -0.05) is 38.9 Å². The predicted molar refractivity (Wildman–Crippen MR) is 86.6 cm³/mol. The van der Waals surface area contributed by atoms with Crippen LogP contribution in [-0.4, -0.2) is 15.9 Å². The van der Waals surface area contributed by atoms with Gasteiger partial charge in [-0.3, -0.25) is 9.78 Å². The fourth-order valence-electron chi connectivity index (χ4n) is 2.42. The lowest BCUT2D eigenvalue weighted by molar-refractivity contribution is -0.122. The quantitative estimate of drug-likeness (QED) is 0.758. The lowest BCUT2D eigenvalue weighted by Crippen LogP contribution is -2.46. The molecule has 0 aromatic carbocycles. The predicted octanol–water partition coefficient (Wildman–Crippen LogP) is 3.20. The van der Waals surface area contributed by atoms with E-state index in [2.05, 4.69) is 10.3 Å². The second kappa shape index (κ2) is 7.33. The average molecular weight is 293 g/mol. The number of amides is 1. The topological polar surface area (TPSA) is 68.0 Å². The zero-order valence-electron chi connectivity index (χ0n) is 12.4. The van der Waals surface area contributed by atoms with Gasteiger partial charge in [0.15, 0.2) is 0 Å². The highest BCUT2D eigenvalue weighted by Gasteiger charge is 2.39. The van der Waals surface area contributed by atoms with Gasteiger partial charge in [-0.05, 0) is 31.9 Å². The lowest BCUT2D eigenvalue weighted by atomic mass is 9.78. The van der Waals surface area contributed by atoms with Crippen LogP contribution in [0.3, 0.4) is 0 Å². The third-order valence-corrected chi connectivity index (χ3v) is 3.91. The summed E-state index contributed by atoms with van der Waals surface area (Å²) in [6.07, 6.45) is 4.75. The van der Waals surface area contributed by atoms with E-state index in [-0.39, 0.29) is 10.9 Å². The Kier molecular flexibility index (Phi) is 6.07. The number of aryl methyl sites for hydroxylation is 1. The molecule has 20 heavy (non-hydrogen) atoms. The van der Waals surface area contributed by atoms with Gasteiger partial charge in [-0.15, -0.1) is 0 Å². The number of nitrogens with zero attached hydrogens (tertiary/aromatic N) is 1. The first-order chi connectivity index (χ1) is 9.47. The van der Waals surface area contributed by atoms with E-state index < -0.39 is 5.41 Å². The van der Waals surface area contributed by atoms with Crippen molar-refractivity contribution >= 4 is 28.8 Å². The SMILES string of the molecule is CCCC(CCC)(C(=O)Nc1cccnc1C)C(N)=S. The number of thiocarbonyl (C=S) groups is 1. The van der Waals surface area contributed by atoms with E-state index in [1.54, 1.807) is 12.3 Å². The molecule has 0 atom stereocenters. The van der Waals surface area contributed by atoms with Crippen LogP contribution in [0.1, 0.15) is 45.2 Å². The van der Waals surface area contributed by atoms with Crippen LogP contribution in [0.4, 0.5) is 5.69 Å². The third kappa shape index (κ3) is 3.54. The van der Waals surface area contributed by atoms with Crippen LogP contribution in [0, 0.1) is 12.3 Å². The van der Waals surface area contributed by atoms with Crippen molar-refractivity contribution in [2.45, 2.75) is 46.5 Å². The minimum Gasteiger partial charge on any atom is -0.392 e. The number of carbonyl (C=O) groups is 1. The van der Waals surface area contributed by atoms with Crippen LogP contribution >= 0.6 is 12.2 Å². The maximum Gasteiger partial charge on any atom is 0.237 e. The van der Waals surface area contributed by atoms with Gasteiger partial charge in [-0.25, -0.2) is 0 Å². The van der Waals surface area contributed by atoms with E-state index in [1.807, 2.05) is 26.8 Å². The summed E-state index contributed by atoms with van der Waals surface area (Å²) in [6.45, 7) is 5.92. The summed E-state index contributed by atoms with van der Waals surface area (Å²) in [5, 5.41) is 2.93. The fourth-order valence-corrected chi connectivity index (χ4v) is 2.72. The molecular weight excluding hydrogens is 270 g/mol. The Hall–Kier alpha value is -1.49. The molecule has 0 aliphatic rings. The fraction of sp³-hybridized carbons (Fsp3) is 0.533. The molecule has 0 bridgehead atoms. The van der Waals surface area contributed by atoms with Crippen molar-refractivity contribution in [3.8, 4) is 0 Å². The molecule has 0 saturated heterocycles. The molecule has 0 radical (unpaired) electrons. The first-order valence-corrected chi connectivity index (χ1v) is 7.41. The molecule has 0 unspecified atom stereocenters. The number of hydrogen-bond acceptors (Lipinski definition) is 3. The van der Waals surface area contributed by atoms with E-state index in [0.29, 0.717) is 18.5 Å². The number of pyridine rings is 1. The Bertz CT molecular complexity index is 482. The van der Waals surface area contributed by atoms with Crippen LogP contribution in [0.5, 0.6) is 0 Å². The summed E-state index contributed by atoms with van der Waals surface area (Å²) in [7, 11) is 0. The van der Waals surface area contributed by atoms with Gasteiger partial charge >= 0.3 is 0 Å². The van der Waals surface area contributed by atoms with Crippen molar-refractivity contribution in [2.24, 2.45) is 11.1 Å². The third-order valence-electron chi connectivity index (χ3n) is 3.51. The van der Waals surface area contributed by atoms with Crippen LogP contribution in [0.15, 0.2) is 18.3 Å². The molecule has 0 aliphatic carbocycles. The Labute approximate surface area is 126 Å². The van der Waals surface area contributed by atoms with Gasteiger partial charge in [0.2, 0.25) is 5.91 Å². The molecule has 3 N–H and O–H groups in total. The van der Waals surface area contributed by atoms with Crippen molar-refractivity contribution in [1.82, 2.24) is 4.98 Å². The molecule has 0 spiro atoms. The van der Waals surface area contributed by atoms with Crippen LogP contribution in [0.25, 0.3) is 0 Å². The maximum atomic E-state index is 12.7. The minimum absolute atomic E-state index is 0.121. The van der Waals surface area contributed by atoms with Crippen LogP contribution in [-0.2, 0) is 4.79 Å². The second-order valence-corrected chi connectivity index (χ2v) is 5.48. The number of anilines is 1. The summed E-state index contributed by atoms with van der Waals surface area (Å²) in [6, 6.07) is 3.63. The Morgan fingerprint density at radius 2 is 2.00 bits per heavy atom. The van der Waals surface area contributed by atoms with Gasteiger partial charge in [0.25, 0.3) is 0 Å². The molecule has 1 aromatic rings. The van der Waals surface area contributed by atoms with E-state index in [9.17, 15) is 4.79 Å². The van der Waals surface area contributed by atoms with Crippen molar-refractivity contribution in [3.63, 3.8) is 0 Å². The highest BCUT2D eigenvalue weighted by Crippen LogP contribution is 2.32. The first-order valence-electron chi connectivity index (χ1n) is 7.01. The number of aromatic nitrogens is 1. The monoisotopic (exact) mass is 293 g/mol. The van der Waals surface area contributed by atoms with Gasteiger partial charge in [0.05, 0.1) is 21.8 Å². The van der Waals surface area contributed by atoms with E-state index in [1.165, 1.54) is 0 Å². The Morgan fingerprint density at radius 3 is 2.45 bits per heavy atom. The zero-order chi connectivity index (χ0) is 15.2. The van der Waals surface area contributed by atoms with E-state index in [4.69, 9.17) is 18.0 Å². The molecule has 1 amide bonds. The number of nitrogens with one attached hydrogen (secondary N) is 1. The molecule has 0 saturated carbocycles. The number of hydrogen-bond donors (Lipinski definition) is 2. The standard InChI is InChI=1S/C15H23N3OS/c1-4-8-15(9-5-2,13(16)20)14(19)18-12-7-6-10-17-11(12)3/h6-7,10H,4-5,8-9H2,1-3H3,(H2,16,20)(H,18,19). The summed E-state index contributed by atoms with van der Waals surface area (Å²) < 4.78 is 0. The van der Waals surface area contributed by atoms with Crippen LogP contribution in [0.2, 0.25) is 0 Å². The minimum atomic E-state index is -0.763. The normalized spacial score (nSPS) is 11.2. The average Bonchev–Trinajstić information content (AvgIpc) is 2.40.